The van der Waals surface area contributed by atoms with E-state index in [4.69, 9.17) is 11.6 Å². The zero-order valence-corrected chi connectivity index (χ0v) is 16.4. The van der Waals surface area contributed by atoms with Crippen LogP contribution in [0.4, 0.5) is 16.2 Å². The number of anilines is 2. The van der Waals surface area contributed by atoms with E-state index in [1.54, 1.807) is 0 Å². The Hall–Kier alpha value is -2.76. The molecule has 2 amide bonds. The number of halogens is 2. The predicted octanol–water partition coefficient (Wildman–Crippen LogP) is 6.89. The number of nitrogens with one attached hydrogen (secondary N) is 3. The van der Waals surface area contributed by atoms with E-state index < -0.39 is 0 Å². The van der Waals surface area contributed by atoms with Crippen molar-refractivity contribution < 1.29 is 4.79 Å². The predicted molar refractivity (Wildman–Crippen MR) is 116 cm³/mol. The molecule has 3 aromatic carbocycles. The van der Waals surface area contributed by atoms with Gasteiger partial charge in [-0.3, -0.25) is 0 Å². The Bertz CT molecular complexity index is 1140. The van der Waals surface area contributed by atoms with Crippen molar-refractivity contribution >= 4 is 55.8 Å². The minimum Gasteiger partial charge on any atom is -0.355 e. The molecule has 1 aromatic heterocycles. The highest BCUT2D eigenvalue weighted by atomic mass is 79.9. The van der Waals surface area contributed by atoms with Crippen LogP contribution in [0, 0.1) is 0 Å². The standard InChI is InChI=1S/C21H15BrClN3O/c22-15-4-2-6-18(12-15)25-21(27)24-17-5-1-3-13(10-17)20-11-14-9-16(23)7-8-19(14)26-20/h1-12,26H,(H2,24,25,27). The van der Waals surface area contributed by atoms with Crippen LogP contribution in [0.2, 0.25) is 5.02 Å². The summed E-state index contributed by atoms with van der Waals surface area (Å²) in [5.41, 5.74) is 4.37. The summed E-state index contributed by atoms with van der Waals surface area (Å²) < 4.78 is 0.904. The lowest BCUT2D eigenvalue weighted by Gasteiger charge is -2.09. The van der Waals surface area contributed by atoms with Crippen LogP contribution in [0.15, 0.2) is 77.3 Å². The van der Waals surface area contributed by atoms with Crippen LogP contribution in [0.3, 0.4) is 0 Å². The van der Waals surface area contributed by atoms with E-state index in [2.05, 4.69) is 31.5 Å². The first-order valence-electron chi connectivity index (χ1n) is 8.29. The summed E-state index contributed by atoms with van der Waals surface area (Å²) >= 11 is 9.45. The molecular weight excluding hydrogens is 426 g/mol. The first-order chi connectivity index (χ1) is 13.1. The number of H-pyrrole nitrogens is 1. The molecule has 0 saturated heterocycles. The molecule has 4 nitrogen and oxygen atoms in total. The maximum absolute atomic E-state index is 12.3. The lowest BCUT2D eigenvalue weighted by molar-refractivity contribution is 0.262. The molecule has 0 bridgehead atoms. The van der Waals surface area contributed by atoms with E-state index in [9.17, 15) is 4.79 Å². The Balaban J connectivity index is 1.53. The van der Waals surface area contributed by atoms with Crippen molar-refractivity contribution in [3.05, 3.63) is 82.3 Å². The fourth-order valence-electron chi connectivity index (χ4n) is 2.88. The second kappa shape index (κ2) is 7.47. The Morgan fingerprint density at radius 1 is 0.889 bits per heavy atom. The van der Waals surface area contributed by atoms with Gasteiger partial charge in [0.15, 0.2) is 0 Å². The van der Waals surface area contributed by atoms with Gasteiger partial charge >= 0.3 is 6.03 Å². The zero-order valence-electron chi connectivity index (χ0n) is 14.1. The lowest BCUT2D eigenvalue weighted by atomic mass is 10.1. The fraction of sp³-hybridized carbons (Fsp3) is 0. The number of amides is 2. The van der Waals surface area contributed by atoms with Crippen molar-refractivity contribution in [3.63, 3.8) is 0 Å². The molecular formula is C21H15BrClN3O. The molecule has 0 aliphatic carbocycles. The van der Waals surface area contributed by atoms with Gasteiger partial charge in [0.2, 0.25) is 0 Å². The minimum atomic E-state index is -0.298. The van der Waals surface area contributed by atoms with Crippen molar-refractivity contribution in [2.75, 3.05) is 10.6 Å². The molecule has 4 aromatic rings. The molecule has 0 unspecified atom stereocenters. The molecule has 6 heteroatoms. The van der Waals surface area contributed by atoms with Crippen molar-refractivity contribution in [1.82, 2.24) is 4.98 Å². The topological polar surface area (TPSA) is 56.9 Å². The van der Waals surface area contributed by atoms with Gasteiger partial charge in [-0.25, -0.2) is 4.79 Å². The van der Waals surface area contributed by atoms with E-state index in [1.807, 2.05) is 72.8 Å². The SMILES string of the molecule is O=C(Nc1cccc(Br)c1)Nc1cccc(-c2cc3cc(Cl)ccc3[nH]2)c1. The average molecular weight is 441 g/mol. The van der Waals surface area contributed by atoms with E-state index in [-0.39, 0.29) is 6.03 Å². The summed E-state index contributed by atoms with van der Waals surface area (Å²) in [6.45, 7) is 0. The summed E-state index contributed by atoms with van der Waals surface area (Å²) in [6, 6.07) is 22.6. The molecule has 0 atom stereocenters. The van der Waals surface area contributed by atoms with Crippen molar-refractivity contribution in [3.8, 4) is 11.3 Å². The van der Waals surface area contributed by atoms with Gasteiger partial charge in [0.25, 0.3) is 0 Å². The minimum absolute atomic E-state index is 0.298. The normalized spacial score (nSPS) is 10.7. The number of hydrogen-bond acceptors (Lipinski definition) is 1. The van der Waals surface area contributed by atoms with Gasteiger partial charge in [-0.05, 0) is 54.6 Å². The molecule has 0 saturated carbocycles. The van der Waals surface area contributed by atoms with Gasteiger partial charge in [0, 0.05) is 43.0 Å². The van der Waals surface area contributed by atoms with Crippen LogP contribution >= 0.6 is 27.5 Å². The zero-order chi connectivity index (χ0) is 18.8. The second-order valence-electron chi connectivity index (χ2n) is 6.08. The average Bonchev–Trinajstić information content (AvgIpc) is 3.05. The summed E-state index contributed by atoms with van der Waals surface area (Å²) in [5, 5.41) is 7.42. The van der Waals surface area contributed by atoms with Crippen molar-refractivity contribution in [2.24, 2.45) is 0 Å². The maximum atomic E-state index is 12.3. The molecule has 4 rings (SSSR count). The monoisotopic (exact) mass is 439 g/mol. The van der Waals surface area contributed by atoms with Gasteiger partial charge in [0.05, 0.1) is 0 Å². The number of aromatic nitrogens is 1. The summed E-state index contributed by atoms with van der Waals surface area (Å²) in [5.74, 6) is 0. The number of rotatable bonds is 3. The lowest BCUT2D eigenvalue weighted by Crippen LogP contribution is -2.19. The number of hydrogen-bond donors (Lipinski definition) is 3. The first-order valence-corrected chi connectivity index (χ1v) is 9.46. The van der Waals surface area contributed by atoms with Crippen LogP contribution in [0.25, 0.3) is 22.2 Å². The Kier molecular flexibility index (Phi) is 4.88. The Morgan fingerprint density at radius 2 is 1.63 bits per heavy atom. The van der Waals surface area contributed by atoms with Crippen LogP contribution in [0.1, 0.15) is 0 Å². The van der Waals surface area contributed by atoms with Crippen LogP contribution < -0.4 is 10.6 Å². The highest BCUT2D eigenvalue weighted by Gasteiger charge is 2.07. The largest absolute Gasteiger partial charge is 0.355 e. The van der Waals surface area contributed by atoms with Gasteiger partial charge in [-0.2, -0.15) is 0 Å². The third-order valence-electron chi connectivity index (χ3n) is 4.10. The van der Waals surface area contributed by atoms with Gasteiger partial charge in [0.1, 0.15) is 0 Å². The molecule has 0 aliphatic heterocycles. The second-order valence-corrected chi connectivity index (χ2v) is 7.44. The fourth-order valence-corrected chi connectivity index (χ4v) is 3.46. The van der Waals surface area contributed by atoms with E-state index in [0.717, 1.165) is 26.6 Å². The third kappa shape index (κ3) is 4.15. The number of fused-ring (bicyclic) bond motifs is 1. The van der Waals surface area contributed by atoms with Gasteiger partial charge < -0.3 is 15.6 Å². The molecule has 1 heterocycles. The summed E-state index contributed by atoms with van der Waals surface area (Å²) in [7, 11) is 0. The Morgan fingerprint density at radius 3 is 2.41 bits per heavy atom. The summed E-state index contributed by atoms with van der Waals surface area (Å²) in [6.07, 6.45) is 0. The van der Waals surface area contributed by atoms with Crippen molar-refractivity contribution in [1.29, 1.82) is 0 Å². The maximum Gasteiger partial charge on any atom is 0.323 e. The van der Waals surface area contributed by atoms with Crippen molar-refractivity contribution in [2.45, 2.75) is 0 Å². The van der Waals surface area contributed by atoms with Crippen LogP contribution in [-0.2, 0) is 0 Å². The summed E-state index contributed by atoms with van der Waals surface area (Å²) in [4.78, 5) is 15.6. The Labute approximate surface area is 169 Å². The third-order valence-corrected chi connectivity index (χ3v) is 4.83. The van der Waals surface area contributed by atoms with E-state index in [0.29, 0.717) is 16.4 Å². The molecule has 0 radical (unpaired) electrons. The smallest absolute Gasteiger partial charge is 0.323 e. The number of benzene rings is 3. The molecule has 0 aliphatic rings. The molecule has 0 fully saturated rings. The highest BCUT2D eigenvalue weighted by molar-refractivity contribution is 9.10. The molecule has 27 heavy (non-hydrogen) atoms. The number of carbonyl (C=O) groups is 1. The van der Waals surface area contributed by atoms with E-state index >= 15 is 0 Å². The molecule has 0 spiro atoms. The number of aromatic amines is 1. The van der Waals surface area contributed by atoms with Crippen LogP contribution in [-0.4, -0.2) is 11.0 Å². The first kappa shape index (κ1) is 17.6. The van der Waals surface area contributed by atoms with E-state index in [1.165, 1.54) is 0 Å². The van der Waals surface area contributed by atoms with Gasteiger partial charge in [-0.1, -0.05) is 45.7 Å². The highest BCUT2D eigenvalue weighted by Crippen LogP contribution is 2.28. The quantitative estimate of drug-likeness (QED) is 0.319. The number of carbonyl (C=O) groups excluding carboxylic acids is 1. The van der Waals surface area contributed by atoms with Gasteiger partial charge in [-0.15, -0.1) is 0 Å². The molecule has 3 N–H and O–H groups in total. The molecule has 134 valence electrons. The van der Waals surface area contributed by atoms with Crippen LogP contribution in [0.5, 0.6) is 0 Å². The number of urea groups is 1.